The number of hydrogen-bond donors (Lipinski definition) is 3. The number of hydrogen-bond acceptors (Lipinski definition) is 4. The molecule has 0 radical (unpaired) electrons. The van der Waals surface area contributed by atoms with E-state index >= 15 is 0 Å². The third kappa shape index (κ3) is 3.74. The Bertz CT molecular complexity index is 1120. The number of carbonyl (C=O) groups is 1. The Balaban J connectivity index is 1.47. The van der Waals surface area contributed by atoms with Crippen LogP contribution in [0.2, 0.25) is 0 Å². The highest BCUT2D eigenvalue weighted by Gasteiger charge is 2.12. The van der Waals surface area contributed by atoms with Crippen molar-refractivity contribution in [1.29, 1.82) is 0 Å². The normalized spacial score (nSPS) is 12.1. The number of fused-ring (bicyclic) bond motifs is 1. The van der Waals surface area contributed by atoms with Gasteiger partial charge in [-0.05, 0) is 41.5 Å². The predicted molar refractivity (Wildman–Crippen MR) is 103 cm³/mol. The lowest BCUT2D eigenvalue weighted by Crippen LogP contribution is -2.28. The van der Waals surface area contributed by atoms with Crippen LogP contribution in [0.3, 0.4) is 0 Å². The van der Waals surface area contributed by atoms with Gasteiger partial charge in [0.2, 0.25) is 0 Å². The quantitative estimate of drug-likeness (QED) is 0.499. The van der Waals surface area contributed by atoms with Crippen molar-refractivity contribution in [3.05, 3.63) is 84.1 Å². The number of halogens is 1. The summed E-state index contributed by atoms with van der Waals surface area (Å²) in [5, 5.41) is 20.7. The number of aromatic amines is 1. The van der Waals surface area contributed by atoms with Crippen molar-refractivity contribution in [2.24, 2.45) is 0 Å². The van der Waals surface area contributed by atoms with Crippen LogP contribution in [0.1, 0.15) is 22.0 Å². The van der Waals surface area contributed by atoms with E-state index in [0.717, 1.165) is 22.0 Å². The van der Waals surface area contributed by atoms with Crippen LogP contribution in [-0.2, 0) is 0 Å². The lowest BCUT2D eigenvalue weighted by molar-refractivity contribution is 0.0916. The van der Waals surface area contributed by atoms with E-state index in [9.17, 15) is 14.3 Å². The second-order valence-electron chi connectivity index (χ2n) is 6.41. The molecular formula is C21H17FN4O2. The molecule has 4 rings (SSSR count). The molecule has 1 atom stereocenters. The van der Waals surface area contributed by atoms with Crippen LogP contribution in [0.15, 0.2) is 67.1 Å². The molecule has 0 bridgehead atoms. The van der Waals surface area contributed by atoms with Crippen LogP contribution in [0.4, 0.5) is 4.39 Å². The largest absolute Gasteiger partial charge is 0.387 e. The van der Waals surface area contributed by atoms with Gasteiger partial charge in [0.1, 0.15) is 5.82 Å². The Labute approximate surface area is 160 Å². The number of benzene rings is 2. The van der Waals surface area contributed by atoms with Gasteiger partial charge in [0.05, 0.1) is 23.4 Å². The third-order valence-electron chi connectivity index (χ3n) is 4.48. The van der Waals surface area contributed by atoms with Crippen molar-refractivity contribution < 1.29 is 14.3 Å². The minimum absolute atomic E-state index is 0.00960. The van der Waals surface area contributed by atoms with E-state index in [1.165, 1.54) is 30.5 Å². The minimum Gasteiger partial charge on any atom is -0.387 e. The summed E-state index contributed by atoms with van der Waals surface area (Å²) in [6, 6.07) is 13.1. The molecule has 1 amide bonds. The smallest absolute Gasteiger partial charge is 0.252 e. The summed E-state index contributed by atoms with van der Waals surface area (Å²) in [6.45, 7) is 0.00960. The Kier molecular flexibility index (Phi) is 4.82. The fourth-order valence-electron chi connectivity index (χ4n) is 2.94. The van der Waals surface area contributed by atoms with E-state index < -0.39 is 6.10 Å². The van der Waals surface area contributed by atoms with Crippen molar-refractivity contribution in [3.8, 4) is 11.1 Å². The summed E-state index contributed by atoms with van der Waals surface area (Å²) < 4.78 is 13.0. The maximum atomic E-state index is 13.0. The molecule has 0 fully saturated rings. The first-order valence-corrected chi connectivity index (χ1v) is 8.70. The Hall–Kier alpha value is -3.58. The zero-order chi connectivity index (χ0) is 19.5. The minimum atomic E-state index is -0.927. The van der Waals surface area contributed by atoms with Crippen LogP contribution in [0, 0.1) is 5.82 Å². The van der Waals surface area contributed by atoms with Gasteiger partial charge in [0.25, 0.3) is 5.91 Å². The Morgan fingerprint density at radius 1 is 1.07 bits per heavy atom. The van der Waals surface area contributed by atoms with Crippen LogP contribution in [0.25, 0.3) is 22.0 Å². The summed E-state index contributed by atoms with van der Waals surface area (Å²) in [7, 11) is 0. The highest BCUT2D eigenvalue weighted by Crippen LogP contribution is 2.23. The second-order valence-corrected chi connectivity index (χ2v) is 6.41. The maximum Gasteiger partial charge on any atom is 0.252 e. The average molecular weight is 376 g/mol. The molecule has 0 aliphatic carbocycles. The van der Waals surface area contributed by atoms with Gasteiger partial charge in [-0.1, -0.05) is 18.2 Å². The number of aliphatic hydroxyl groups excluding tert-OH is 1. The number of aliphatic hydroxyl groups is 1. The predicted octanol–water partition coefficient (Wildman–Crippen LogP) is 3.23. The summed E-state index contributed by atoms with van der Waals surface area (Å²) >= 11 is 0. The van der Waals surface area contributed by atoms with Gasteiger partial charge in [-0.3, -0.25) is 14.9 Å². The zero-order valence-corrected chi connectivity index (χ0v) is 14.8. The lowest BCUT2D eigenvalue weighted by Gasteiger charge is -2.12. The number of carbonyl (C=O) groups excluding carboxylic acids is 1. The van der Waals surface area contributed by atoms with Gasteiger partial charge < -0.3 is 10.4 Å². The first-order valence-electron chi connectivity index (χ1n) is 8.70. The molecule has 2 aromatic heterocycles. The van der Waals surface area contributed by atoms with Gasteiger partial charge in [-0.25, -0.2) is 4.39 Å². The van der Waals surface area contributed by atoms with E-state index in [1.807, 2.05) is 18.2 Å². The Morgan fingerprint density at radius 3 is 2.71 bits per heavy atom. The maximum absolute atomic E-state index is 13.0. The number of pyridine rings is 1. The molecule has 2 heterocycles. The number of nitrogens with one attached hydrogen (secondary N) is 2. The van der Waals surface area contributed by atoms with Gasteiger partial charge >= 0.3 is 0 Å². The highest BCUT2D eigenvalue weighted by atomic mass is 19.1. The van der Waals surface area contributed by atoms with Gasteiger partial charge in [0.15, 0.2) is 0 Å². The number of H-pyrrole nitrogens is 1. The van der Waals surface area contributed by atoms with Crippen molar-refractivity contribution in [3.63, 3.8) is 0 Å². The van der Waals surface area contributed by atoms with Crippen molar-refractivity contribution in [2.75, 3.05) is 6.54 Å². The van der Waals surface area contributed by atoms with Crippen LogP contribution in [0.5, 0.6) is 0 Å². The van der Waals surface area contributed by atoms with Crippen LogP contribution >= 0.6 is 0 Å². The molecular weight excluding hydrogens is 359 g/mol. The summed E-state index contributed by atoms with van der Waals surface area (Å²) in [6.07, 6.45) is 3.97. The highest BCUT2D eigenvalue weighted by molar-refractivity contribution is 5.95. The van der Waals surface area contributed by atoms with E-state index in [2.05, 4.69) is 20.5 Å². The molecule has 3 N–H and O–H groups in total. The standard InChI is InChI=1S/C21H17FN4O2/c22-18-4-1-13(2-5-18)20(27)12-24-21(28)17-8-15(9-23-10-17)14-3-6-19-16(7-14)11-25-26-19/h1-11,20,27H,12H2,(H,24,28)(H,25,26). The number of rotatable bonds is 5. The number of aromatic nitrogens is 3. The van der Waals surface area contributed by atoms with E-state index in [-0.39, 0.29) is 18.3 Å². The monoisotopic (exact) mass is 376 g/mol. The molecule has 6 nitrogen and oxygen atoms in total. The zero-order valence-electron chi connectivity index (χ0n) is 14.8. The summed E-state index contributed by atoms with van der Waals surface area (Å²) in [5.41, 5.74) is 3.57. The second kappa shape index (κ2) is 7.58. The molecule has 140 valence electrons. The third-order valence-corrected chi connectivity index (χ3v) is 4.48. The number of amides is 1. The molecule has 7 heteroatoms. The Morgan fingerprint density at radius 2 is 1.89 bits per heavy atom. The van der Waals surface area contributed by atoms with E-state index in [0.29, 0.717) is 11.1 Å². The molecule has 2 aromatic carbocycles. The van der Waals surface area contributed by atoms with Gasteiger partial charge in [-0.2, -0.15) is 5.10 Å². The van der Waals surface area contributed by atoms with Gasteiger partial charge in [-0.15, -0.1) is 0 Å². The molecule has 0 aliphatic heterocycles. The van der Waals surface area contributed by atoms with Crippen molar-refractivity contribution in [2.45, 2.75) is 6.10 Å². The van der Waals surface area contributed by atoms with Gasteiger partial charge in [0, 0.05) is 29.9 Å². The van der Waals surface area contributed by atoms with Crippen molar-refractivity contribution in [1.82, 2.24) is 20.5 Å². The fraction of sp³-hybridized carbons (Fsp3) is 0.0952. The summed E-state index contributed by atoms with van der Waals surface area (Å²) in [5.74, 6) is -0.726. The molecule has 4 aromatic rings. The first kappa shape index (κ1) is 17.8. The molecule has 1 unspecified atom stereocenters. The SMILES string of the molecule is O=C(NCC(O)c1ccc(F)cc1)c1cncc(-c2ccc3[nH]ncc3c2)c1. The van der Waals surface area contributed by atoms with Crippen LogP contribution in [-0.4, -0.2) is 32.7 Å². The first-order chi connectivity index (χ1) is 13.6. The lowest BCUT2D eigenvalue weighted by atomic mass is 10.0. The molecule has 0 saturated carbocycles. The van der Waals surface area contributed by atoms with E-state index in [4.69, 9.17) is 0 Å². The van der Waals surface area contributed by atoms with Crippen LogP contribution < -0.4 is 5.32 Å². The number of nitrogens with zero attached hydrogens (tertiary/aromatic N) is 2. The fourth-order valence-corrected chi connectivity index (χ4v) is 2.94. The van der Waals surface area contributed by atoms with E-state index in [1.54, 1.807) is 18.5 Å². The summed E-state index contributed by atoms with van der Waals surface area (Å²) in [4.78, 5) is 16.6. The van der Waals surface area contributed by atoms with Crippen molar-refractivity contribution >= 4 is 16.8 Å². The molecule has 28 heavy (non-hydrogen) atoms. The average Bonchev–Trinajstić information content (AvgIpc) is 3.20. The molecule has 0 spiro atoms. The molecule has 0 aliphatic rings. The topological polar surface area (TPSA) is 90.9 Å². The molecule has 0 saturated heterocycles.